The Morgan fingerprint density at radius 2 is 2.00 bits per heavy atom. The molecule has 2 atom stereocenters. The van der Waals surface area contributed by atoms with Crippen molar-refractivity contribution in [3.63, 3.8) is 0 Å². The molecule has 2 N–H and O–H groups in total. The van der Waals surface area contributed by atoms with E-state index in [-0.39, 0.29) is 17.9 Å². The predicted octanol–water partition coefficient (Wildman–Crippen LogP) is 4.41. The van der Waals surface area contributed by atoms with Gasteiger partial charge in [0.25, 0.3) is 0 Å². The number of imidazole rings is 1. The van der Waals surface area contributed by atoms with E-state index in [1.165, 1.54) is 18.4 Å². The molecule has 0 bridgehead atoms. The van der Waals surface area contributed by atoms with Crippen LogP contribution in [0.1, 0.15) is 55.5 Å². The Hall–Kier alpha value is -2.58. The number of H-pyrrole nitrogens is 1. The Balaban J connectivity index is 1.24. The highest BCUT2D eigenvalue weighted by atomic mass is 16.5. The van der Waals surface area contributed by atoms with Crippen LogP contribution in [0.4, 0.5) is 0 Å². The van der Waals surface area contributed by atoms with Gasteiger partial charge in [-0.25, -0.2) is 4.98 Å². The fraction of sp³-hybridized carbons (Fsp3) is 0.478. The highest BCUT2D eigenvalue weighted by molar-refractivity contribution is 5.53. The fourth-order valence-electron chi connectivity index (χ4n) is 4.23. The van der Waals surface area contributed by atoms with Crippen molar-refractivity contribution in [2.24, 2.45) is 11.8 Å². The van der Waals surface area contributed by atoms with Gasteiger partial charge in [0.2, 0.25) is 0 Å². The molecule has 0 aliphatic heterocycles. The van der Waals surface area contributed by atoms with Crippen molar-refractivity contribution in [2.45, 2.75) is 51.2 Å². The molecule has 0 spiro atoms. The van der Waals surface area contributed by atoms with E-state index in [2.05, 4.69) is 58.6 Å². The normalized spacial score (nSPS) is 26.4. The minimum absolute atomic E-state index is 0.0143. The minimum Gasteiger partial charge on any atom is -0.486 e. The van der Waals surface area contributed by atoms with E-state index in [1.54, 1.807) is 6.33 Å². The third-order valence-electron chi connectivity index (χ3n) is 6.08. The summed E-state index contributed by atoms with van der Waals surface area (Å²) in [5, 5.41) is 12.6. The lowest BCUT2D eigenvalue weighted by atomic mass is 9.83. The number of rotatable bonds is 6. The van der Waals surface area contributed by atoms with Gasteiger partial charge in [-0.05, 0) is 68.0 Å². The van der Waals surface area contributed by atoms with Crippen LogP contribution in [0.15, 0.2) is 36.7 Å². The average molecular weight is 377 g/mol. The van der Waals surface area contributed by atoms with Crippen LogP contribution in [-0.2, 0) is 6.54 Å². The summed E-state index contributed by atoms with van der Waals surface area (Å²) in [5.74, 6) is 2.13. The van der Waals surface area contributed by atoms with E-state index >= 15 is 0 Å². The number of hydrogen-bond donors (Lipinski definition) is 2. The number of nitrogens with one attached hydrogen (secondary N) is 2. The largest absolute Gasteiger partial charge is 0.486 e. The molecule has 5 nitrogen and oxygen atoms in total. The summed E-state index contributed by atoms with van der Waals surface area (Å²) in [4.78, 5) is 7.53. The van der Waals surface area contributed by atoms with Gasteiger partial charge in [-0.1, -0.05) is 19.1 Å². The monoisotopic (exact) mass is 376 g/mol. The van der Waals surface area contributed by atoms with Crippen LogP contribution < -0.4 is 10.1 Å². The van der Waals surface area contributed by atoms with E-state index in [1.807, 2.05) is 6.08 Å². The number of hydrogen-bond acceptors (Lipinski definition) is 4. The second-order valence-electron chi connectivity index (χ2n) is 8.05. The summed E-state index contributed by atoms with van der Waals surface area (Å²) in [6, 6.07) is 10.8. The molecule has 5 heteroatoms. The summed E-state index contributed by atoms with van der Waals surface area (Å²) in [7, 11) is 0. The Kier molecular flexibility index (Phi) is 5.78. The average Bonchev–Trinajstić information content (AvgIpc) is 3.21. The number of fused-ring (bicyclic) bond motifs is 1. The van der Waals surface area contributed by atoms with Gasteiger partial charge >= 0.3 is 0 Å². The molecule has 0 radical (unpaired) electrons. The van der Waals surface area contributed by atoms with E-state index in [4.69, 9.17) is 10.00 Å². The van der Waals surface area contributed by atoms with E-state index in [0.717, 1.165) is 43.1 Å². The molecule has 4 rings (SSSR count). The zero-order valence-corrected chi connectivity index (χ0v) is 16.4. The highest BCUT2D eigenvalue weighted by Crippen LogP contribution is 2.30. The lowest BCUT2D eigenvalue weighted by molar-refractivity contribution is 0.220. The van der Waals surface area contributed by atoms with Crippen LogP contribution in [0.2, 0.25) is 0 Å². The molecular weight excluding hydrogens is 348 g/mol. The summed E-state index contributed by atoms with van der Waals surface area (Å²) in [6.45, 7) is 4.07. The highest BCUT2D eigenvalue weighted by Gasteiger charge is 2.25. The third-order valence-corrected chi connectivity index (χ3v) is 6.08. The van der Waals surface area contributed by atoms with E-state index in [9.17, 15) is 0 Å². The molecule has 28 heavy (non-hydrogen) atoms. The lowest BCUT2D eigenvalue weighted by Gasteiger charge is -2.25. The second-order valence-corrected chi connectivity index (χ2v) is 8.05. The van der Waals surface area contributed by atoms with Crippen molar-refractivity contribution < 1.29 is 4.74 Å². The molecule has 2 aliphatic carbocycles. The van der Waals surface area contributed by atoms with Crippen molar-refractivity contribution >= 4 is 6.08 Å². The standard InChI is InChI=1S/C23H28N4O/c1-16-22(11-10-21-23(16)27-15-26-21)28-20-8-6-19(7-9-20)14-25-13-18-4-2-17(12-24)3-5-18/h6-11,15-18,22,25H,2-5,13-14H2,1H3,(H,26,27). The predicted molar refractivity (Wildman–Crippen MR) is 110 cm³/mol. The molecule has 0 amide bonds. The number of aromatic amines is 1. The van der Waals surface area contributed by atoms with Gasteiger partial charge in [0.1, 0.15) is 11.9 Å². The Labute approximate surface area is 166 Å². The van der Waals surface area contributed by atoms with Gasteiger partial charge in [0, 0.05) is 24.1 Å². The molecule has 1 heterocycles. The molecular formula is C23H28N4O. The lowest BCUT2D eigenvalue weighted by Crippen LogP contribution is -2.26. The van der Waals surface area contributed by atoms with Crippen LogP contribution >= 0.6 is 0 Å². The topological polar surface area (TPSA) is 73.7 Å². The van der Waals surface area contributed by atoms with Crippen molar-refractivity contribution in [1.29, 1.82) is 5.26 Å². The maximum Gasteiger partial charge on any atom is 0.125 e. The van der Waals surface area contributed by atoms with Gasteiger partial charge in [0.15, 0.2) is 0 Å². The molecule has 1 aromatic carbocycles. The van der Waals surface area contributed by atoms with E-state index in [0.29, 0.717) is 5.92 Å². The first-order chi connectivity index (χ1) is 13.7. The summed E-state index contributed by atoms with van der Waals surface area (Å²) in [6.07, 6.45) is 10.3. The summed E-state index contributed by atoms with van der Waals surface area (Å²) in [5.41, 5.74) is 3.41. The van der Waals surface area contributed by atoms with Crippen molar-refractivity contribution in [2.75, 3.05) is 6.54 Å². The second kappa shape index (κ2) is 8.62. The first-order valence-electron chi connectivity index (χ1n) is 10.3. The molecule has 2 unspecified atom stereocenters. The van der Waals surface area contributed by atoms with Gasteiger partial charge in [-0.2, -0.15) is 5.26 Å². The number of benzene rings is 1. The molecule has 2 aliphatic rings. The number of aromatic nitrogens is 2. The van der Waals surface area contributed by atoms with Gasteiger partial charge in [-0.15, -0.1) is 0 Å². The number of nitrogens with zero attached hydrogens (tertiary/aromatic N) is 2. The molecule has 1 saturated carbocycles. The molecule has 2 aromatic rings. The van der Waals surface area contributed by atoms with Gasteiger partial charge in [0.05, 0.1) is 18.1 Å². The SMILES string of the molecule is CC1c2[nH]cnc2C=CC1Oc1ccc(CNCC2CCC(C#N)CC2)cc1. The van der Waals surface area contributed by atoms with Crippen LogP contribution in [0.25, 0.3) is 6.08 Å². The zero-order chi connectivity index (χ0) is 19.3. The molecule has 1 aromatic heterocycles. The number of nitriles is 1. The quantitative estimate of drug-likeness (QED) is 0.783. The maximum absolute atomic E-state index is 8.99. The van der Waals surface area contributed by atoms with Crippen LogP contribution in [0, 0.1) is 23.2 Å². The van der Waals surface area contributed by atoms with Crippen molar-refractivity contribution in [3.05, 3.63) is 53.6 Å². The smallest absolute Gasteiger partial charge is 0.125 e. The van der Waals surface area contributed by atoms with Gasteiger partial charge < -0.3 is 15.0 Å². The molecule has 1 fully saturated rings. The van der Waals surface area contributed by atoms with Crippen LogP contribution in [0.3, 0.4) is 0 Å². The summed E-state index contributed by atoms with van der Waals surface area (Å²) < 4.78 is 6.19. The van der Waals surface area contributed by atoms with Crippen molar-refractivity contribution in [1.82, 2.24) is 15.3 Å². The Bertz CT molecular complexity index is 840. The first kappa shape index (κ1) is 18.8. The van der Waals surface area contributed by atoms with Gasteiger partial charge in [-0.3, -0.25) is 0 Å². The maximum atomic E-state index is 8.99. The fourth-order valence-corrected chi connectivity index (χ4v) is 4.23. The minimum atomic E-state index is 0.0143. The Morgan fingerprint density at radius 3 is 2.75 bits per heavy atom. The van der Waals surface area contributed by atoms with Crippen molar-refractivity contribution in [3.8, 4) is 11.8 Å². The zero-order valence-electron chi connectivity index (χ0n) is 16.4. The molecule has 146 valence electrons. The van der Waals surface area contributed by atoms with E-state index < -0.39 is 0 Å². The summed E-state index contributed by atoms with van der Waals surface area (Å²) >= 11 is 0. The van der Waals surface area contributed by atoms with Crippen LogP contribution in [-0.4, -0.2) is 22.6 Å². The van der Waals surface area contributed by atoms with Crippen LogP contribution in [0.5, 0.6) is 5.75 Å². The third kappa shape index (κ3) is 4.28. The Morgan fingerprint density at radius 1 is 1.21 bits per heavy atom. The molecule has 0 saturated heterocycles. The number of ether oxygens (including phenoxy) is 1. The first-order valence-corrected chi connectivity index (χ1v) is 10.3.